The van der Waals surface area contributed by atoms with Crippen molar-refractivity contribution in [2.24, 2.45) is 0 Å². The number of carbonyl (C=O) groups is 1. The lowest BCUT2D eigenvalue weighted by Gasteiger charge is -2.22. The van der Waals surface area contributed by atoms with E-state index in [-0.39, 0.29) is 16.7 Å². The van der Waals surface area contributed by atoms with Gasteiger partial charge in [-0.1, -0.05) is 17.7 Å². The molecule has 25 heavy (non-hydrogen) atoms. The first-order valence-electron chi connectivity index (χ1n) is 7.73. The van der Waals surface area contributed by atoms with Gasteiger partial charge < -0.3 is 5.32 Å². The molecule has 1 amide bonds. The van der Waals surface area contributed by atoms with E-state index < -0.39 is 16.1 Å². The van der Waals surface area contributed by atoms with E-state index >= 15 is 0 Å². The highest BCUT2D eigenvalue weighted by Crippen LogP contribution is 2.28. The summed E-state index contributed by atoms with van der Waals surface area (Å²) in [6.45, 7) is 4.11. The predicted octanol–water partition coefficient (Wildman–Crippen LogP) is 2.14. The molecule has 1 unspecified atom stereocenters. The van der Waals surface area contributed by atoms with Gasteiger partial charge in [-0.25, -0.2) is 13.4 Å². The van der Waals surface area contributed by atoms with Crippen LogP contribution in [0.5, 0.6) is 0 Å². The molecular weight excluding hydrogens is 378 g/mol. The molecule has 134 valence electrons. The fourth-order valence-electron chi connectivity index (χ4n) is 2.50. The summed E-state index contributed by atoms with van der Waals surface area (Å²) in [6.07, 6.45) is 0. The van der Waals surface area contributed by atoms with Crippen molar-refractivity contribution in [3.8, 4) is 0 Å². The maximum absolute atomic E-state index is 12.9. The Balaban J connectivity index is 1.72. The fraction of sp³-hybridized carbons (Fsp3) is 0.375. The molecule has 0 radical (unpaired) electrons. The number of sulfonamides is 1. The van der Waals surface area contributed by atoms with E-state index in [0.29, 0.717) is 12.3 Å². The number of benzene rings is 1. The van der Waals surface area contributed by atoms with Crippen LogP contribution in [0.15, 0.2) is 34.5 Å². The van der Waals surface area contributed by atoms with E-state index in [1.165, 1.54) is 27.4 Å². The molecule has 1 atom stereocenters. The smallest absolute Gasteiger partial charge is 0.244 e. The highest BCUT2D eigenvalue weighted by Gasteiger charge is 2.39. The molecule has 1 aliphatic rings. The van der Waals surface area contributed by atoms with Gasteiger partial charge >= 0.3 is 0 Å². The van der Waals surface area contributed by atoms with Crippen LogP contribution in [0.4, 0.5) is 0 Å². The third-order valence-electron chi connectivity index (χ3n) is 3.88. The van der Waals surface area contributed by atoms with Gasteiger partial charge in [-0.05, 0) is 26.0 Å². The summed E-state index contributed by atoms with van der Waals surface area (Å²) >= 11 is 2.96. The zero-order chi connectivity index (χ0) is 18.0. The number of thioether (sulfide) groups is 1. The highest BCUT2D eigenvalue weighted by atomic mass is 32.2. The fourth-order valence-corrected chi connectivity index (χ4v) is 6.26. The van der Waals surface area contributed by atoms with E-state index in [1.807, 2.05) is 19.2 Å². The Labute approximate surface area is 155 Å². The molecule has 1 aliphatic heterocycles. The normalized spacial score (nSPS) is 18.4. The largest absolute Gasteiger partial charge is 0.349 e. The highest BCUT2D eigenvalue weighted by molar-refractivity contribution is 8.00. The Bertz CT molecular complexity index is 862. The van der Waals surface area contributed by atoms with Gasteiger partial charge in [-0.2, -0.15) is 4.31 Å². The monoisotopic (exact) mass is 397 g/mol. The minimum Gasteiger partial charge on any atom is -0.349 e. The number of aromatic nitrogens is 1. The van der Waals surface area contributed by atoms with Gasteiger partial charge in [0, 0.05) is 11.1 Å². The van der Waals surface area contributed by atoms with Crippen LogP contribution in [0.3, 0.4) is 0 Å². The van der Waals surface area contributed by atoms with E-state index in [1.54, 1.807) is 24.3 Å². The van der Waals surface area contributed by atoms with Crippen LogP contribution in [0, 0.1) is 13.8 Å². The van der Waals surface area contributed by atoms with Crippen LogP contribution in [0.1, 0.15) is 16.3 Å². The standard InChI is InChI=1S/C16H19N3O3S3/c1-11-3-5-14(6-4-11)25(21,22)19-10-23-9-15(19)16(20)17-7-13-8-24-12(2)18-13/h3-6,8,15H,7,9-10H2,1-2H3,(H,17,20). The first kappa shape index (κ1) is 18.4. The van der Waals surface area contributed by atoms with E-state index in [4.69, 9.17) is 0 Å². The number of hydrogen-bond donors (Lipinski definition) is 1. The number of hydrogen-bond acceptors (Lipinski definition) is 6. The topological polar surface area (TPSA) is 79.4 Å². The number of aryl methyl sites for hydroxylation is 2. The molecule has 9 heteroatoms. The Kier molecular flexibility index (Phi) is 5.47. The summed E-state index contributed by atoms with van der Waals surface area (Å²) in [6, 6.07) is 5.99. The molecule has 0 saturated carbocycles. The maximum Gasteiger partial charge on any atom is 0.244 e. The quantitative estimate of drug-likeness (QED) is 0.836. The van der Waals surface area contributed by atoms with Gasteiger partial charge in [0.05, 0.1) is 28.0 Å². The molecule has 1 aromatic carbocycles. The summed E-state index contributed by atoms with van der Waals surface area (Å²) in [5, 5.41) is 5.63. The molecule has 6 nitrogen and oxygen atoms in total. The van der Waals surface area contributed by atoms with Crippen molar-refractivity contribution in [1.29, 1.82) is 0 Å². The molecule has 0 spiro atoms. The molecule has 2 heterocycles. The lowest BCUT2D eigenvalue weighted by atomic mass is 10.2. The van der Waals surface area contributed by atoms with Crippen molar-refractivity contribution < 1.29 is 13.2 Å². The van der Waals surface area contributed by atoms with E-state index in [2.05, 4.69) is 10.3 Å². The molecule has 0 bridgehead atoms. The average Bonchev–Trinajstić information content (AvgIpc) is 3.22. The first-order chi connectivity index (χ1) is 11.9. The Morgan fingerprint density at radius 2 is 2.04 bits per heavy atom. The van der Waals surface area contributed by atoms with Gasteiger partial charge in [0.25, 0.3) is 0 Å². The Morgan fingerprint density at radius 1 is 1.32 bits per heavy atom. The lowest BCUT2D eigenvalue weighted by molar-refractivity contribution is -0.124. The van der Waals surface area contributed by atoms with Crippen molar-refractivity contribution in [3.63, 3.8) is 0 Å². The van der Waals surface area contributed by atoms with E-state index in [0.717, 1.165) is 16.3 Å². The summed E-state index contributed by atoms with van der Waals surface area (Å²) in [5.74, 6) is 0.447. The lowest BCUT2D eigenvalue weighted by Crippen LogP contribution is -2.46. The van der Waals surface area contributed by atoms with Crippen LogP contribution in [-0.2, 0) is 21.4 Å². The zero-order valence-corrected chi connectivity index (χ0v) is 16.4. The molecule has 2 aromatic rings. The van der Waals surface area contributed by atoms with Crippen molar-refractivity contribution in [2.45, 2.75) is 31.3 Å². The first-order valence-corrected chi connectivity index (χ1v) is 11.2. The summed E-state index contributed by atoms with van der Waals surface area (Å²) in [4.78, 5) is 17.0. The number of nitrogens with one attached hydrogen (secondary N) is 1. The third-order valence-corrected chi connectivity index (χ3v) is 7.75. The van der Waals surface area contributed by atoms with Crippen LogP contribution in [-0.4, -0.2) is 41.3 Å². The number of rotatable bonds is 5. The molecule has 1 saturated heterocycles. The Hall–Kier alpha value is -1.42. The zero-order valence-electron chi connectivity index (χ0n) is 13.9. The van der Waals surface area contributed by atoms with Gasteiger partial charge in [0.2, 0.25) is 15.9 Å². The number of thiazole rings is 1. The molecule has 1 fully saturated rings. The minimum absolute atomic E-state index is 0.216. The van der Waals surface area contributed by atoms with Gasteiger partial charge in [-0.15, -0.1) is 23.1 Å². The van der Waals surface area contributed by atoms with Gasteiger partial charge in [-0.3, -0.25) is 4.79 Å². The number of carbonyl (C=O) groups excluding carboxylic acids is 1. The van der Waals surface area contributed by atoms with Crippen LogP contribution >= 0.6 is 23.1 Å². The molecule has 1 aromatic heterocycles. The minimum atomic E-state index is -3.69. The maximum atomic E-state index is 12.9. The molecule has 0 aliphatic carbocycles. The second-order valence-corrected chi connectivity index (χ2v) is 9.75. The van der Waals surface area contributed by atoms with Crippen LogP contribution in [0.25, 0.3) is 0 Å². The van der Waals surface area contributed by atoms with Crippen LogP contribution in [0.2, 0.25) is 0 Å². The van der Waals surface area contributed by atoms with Crippen LogP contribution < -0.4 is 5.32 Å². The summed E-state index contributed by atoms with van der Waals surface area (Å²) in [7, 11) is -3.69. The molecule has 1 N–H and O–H groups in total. The second kappa shape index (κ2) is 7.45. The van der Waals surface area contributed by atoms with E-state index in [9.17, 15) is 13.2 Å². The molecule has 3 rings (SSSR count). The number of nitrogens with zero attached hydrogens (tertiary/aromatic N) is 2. The van der Waals surface area contributed by atoms with Crippen molar-refractivity contribution in [3.05, 3.63) is 45.9 Å². The third kappa shape index (κ3) is 4.05. The average molecular weight is 398 g/mol. The Morgan fingerprint density at radius 3 is 2.68 bits per heavy atom. The summed E-state index contributed by atoms with van der Waals surface area (Å²) in [5.41, 5.74) is 1.78. The predicted molar refractivity (Wildman–Crippen MR) is 100 cm³/mol. The second-order valence-electron chi connectivity index (χ2n) is 5.80. The number of amides is 1. The molecular formula is C16H19N3O3S3. The SMILES string of the molecule is Cc1ccc(S(=O)(=O)N2CSCC2C(=O)NCc2csc(C)n2)cc1. The van der Waals surface area contributed by atoms with Gasteiger partial charge in [0.1, 0.15) is 6.04 Å². The van der Waals surface area contributed by atoms with Crippen molar-refractivity contribution >= 4 is 39.0 Å². The van der Waals surface area contributed by atoms with Crippen molar-refractivity contribution in [1.82, 2.24) is 14.6 Å². The van der Waals surface area contributed by atoms with Crippen molar-refractivity contribution in [2.75, 3.05) is 11.6 Å². The summed E-state index contributed by atoms with van der Waals surface area (Å²) < 4.78 is 27.0. The van der Waals surface area contributed by atoms with Gasteiger partial charge in [0.15, 0.2) is 0 Å².